The fourth-order valence-electron chi connectivity index (χ4n) is 1.08. The first-order valence-electron chi connectivity index (χ1n) is 4.32. The summed E-state index contributed by atoms with van der Waals surface area (Å²) in [5, 5.41) is 8.53. The van der Waals surface area contributed by atoms with Gasteiger partial charge >= 0.3 is 5.97 Å². The molecule has 0 radical (unpaired) electrons. The summed E-state index contributed by atoms with van der Waals surface area (Å²) < 4.78 is 4.86. The van der Waals surface area contributed by atoms with Crippen LogP contribution in [-0.4, -0.2) is 12.6 Å². The number of nitriles is 1. The second kappa shape index (κ2) is 4.77. The lowest BCUT2D eigenvalue weighted by Crippen LogP contribution is -2.01. The molecule has 0 aromatic carbocycles. The van der Waals surface area contributed by atoms with Crippen LogP contribution in [0.15, 0.2) is 6.07 Å². The van der Waals surface area contributed by atoms with Crippen LogP contribution < -0.4 is 0 Å². The minimum absolute atomic E-state index is 0.301. The third-order valence-corrected chi connectivity index (χ3v) is 2.84. The van der Waals surface area contributed by atoms with Crippen LogP contribution in [0.1, 0.15) is 27.0 Å². The fourth-order valence-corrected chi connectivity index (χ4v) is 2.02. The molecule has 0 spiro atoms. The summed E-state index contributed by atoms with van der Waals surface area (Å²) in [5.41, 5.74) is 0.917. The Morgan fingerprint density at radius 3 is 3.00 bits per heavy atom. The van der Waals surface area contributed by atoms with Crippen LogP contribution in [0.5, 0.6) is 0 Å². The smallest absolute Gasteiger partial charge is 0.348 e. The summed E-state index contributed by atoms with van der Waals surface area (Å²) in [5.74, 6) is -0.301. The summed E-state index contributed by atoms with van der Waals surface area (Å²) in [6.45, 7) is 4.05. The van der Waals surface area contributed by atoms with Crippen LogP contribution in [0.3, 0.4) is 0 Å². The van der Waals surface area contributed by atoms with Crippen LogP contribution in [-0.2, 0) is 11.2 Å². The van der Waals surface area contributed by atoms with Crippen molar-refractivity contribution in [2.75, 3.05) is 6.61 Å². The van der Waals surface area contributed by atoms with Crippen molar-refractivity contribution in [1.82, 2.24) is 0 Å². The van der Waals surface area contributed by atoms with E-state index < -0.39 is 0 Å². The second-order valence-corrected chi connectivity index (χ2v) is 4.00. The van der Waals surface area contributed by atoms with E-state index in [4.69, 9.17) is 10.00 Å². The van der Waals surface area contributed by atoms with Gasteiger partial charge in [-0.25, -0.2) is 4.79 Å². The molecular formula is C10H11NO2S. The van der Waals surface area contributed by atoms with Crippen LogP contribution in [0.25, 0.3) is 0 Å². The van der Waals surface area contributed by atoms with E-state index >= 15 is 0 Å². The monoisotopic (exact) mass is 209 g/mol. The summed E-state index contributed by atoms with van der Waals surface area (Å²) in [4.78, 5) is 12.9. The second-order valence-electron chi connectivity index (χ2n) is 2.75. The third-order valence-electron chi connectivity index (χ3n) is 1.77. The van der Waals surface area contributed by atoms with E-state index in [1.54, 1.807) is 13.0 Å². The number of esters is 1. The molecule has 3 nitrogen and oxygen atoms in total. The predicted molar refractivity (Wildman–Crippen MR) is 54.3 cm³/mol. The lowest BCUT2D eigenvalue weighted by atomic mass is 10.2. The molecule has 0 fully saturated rings. The summed E-state index contributed by atoms with van der Waals surface area (Å²) >= 11 is 1.38. The summed E-state index contributed by atoms with van der Waals surface area (Å²) in [7, 11) is 0. The number of ether oxygens (including phenoxy) is 1. The molecule has 1 aromatic heterocycles. The Morgan fingerprint density at radius 1 is 1.71 bits per heavy atom. The molecule has 0 aliphatic heterocycles. The Balaban J connectivity index is 2.86. The zero-order chi connectivity index (χ0) is 10.6. The third kappa shape index (κ3) is 2.33. The summed E-state index contributed by atoms with van der Waals surface area (Å²) in [6, 6.07) is 3.80. The van der Waals surface area contributed by atoms with Crippen molar-refractivity contribution < 1.29 is 9.53 Å². The zero-order valence-corrected chi connectivity index (χ0v) is 8.98. The van der Waals surface area contributed by atoms with Crippen molar-refractivity contribution in [3.63, 3.8) is 0 Å². The maximum atomic E-state index is 11.3. The van der Waals surface area contributed by atoms with Crippen LogP contribution in [0, 0.1) is 18.3 Å². The first-order chi connectivity index (χ1) is 6.69. The molecule has 1 rings (SSSR count). The van der Waals surface area contributed by atoms with Gasteiger partial charge in [-0.15, -0.1) is 11.3 Å². The molecule has 1 aromatic rings. The van der Waals surface area contributed by atoms with E-state index in [0.717, 1.165) is 10.4 Å². The predicted octanol–water partition coefficient (Wildman–Crippen LogP) is 2.30. The highest BCUT2D eigenvalue weighted by molar-refractivity contribution is 7.14. The van der Waals surface area contributed by atoms with Gasteiger partial charge in [0.15, 0.2) is 0 Å². The van der Waals surface area contributed by atoms with Gasteiger partial charge in [0, 0.05) is 4.88 Å². The molecule has 1 heterocycles. The van der Waals surface area contributed by atoms with Gasteiger partial charge in [-0.3, -0.25) is 0 Å². The molecule has 0 N–H and O–H groups in total. The average molecular weight is 209 g/mol. The number of hydrogen-bond donors (Lipinski definition) is 0. The Labute approximate surface area is 86.9 Å². The molecule has 0 amide bonds. The zero-order valence-electron chi connectivity index (χ0n) is 8.16. The van der Waals surface area contributed by atoms with Crippen molar-refractivity contribution in [2.45, 2.75) is 20.3 Å². The number of carbonyl (C=O) groups excluding carboxylic acids is 1. The molecule has 0 aliphatic carbocycles. The van der Waals surface area contributed by atoms with E-state index in [0.29, 0.717) is 17.9 Å². The average Bonchev–Trinajstić information content (AvgIpc) is 2.49. The lowest BCUT2D eigenvalue weighted by Gasteiger charge is -1.96. The maximum absolute atomic E-state index is 11.3. The van der Waals surface area contributed by atoms with Crippen molar-refractivity contribution in [3.05, 3.63) is 21.4 Å². The maximum Gasteiger partial charge on any atom is 0.348 e. The number of carbonyl (C=O) groups is 1. The molecule has 74 valence electrons. The largest absolute Gasteiger partial charge is 0.462 e. The normalized spacial score (nSPS) is 9.50. The highest BCUT2D eigenvalue weighted by atomic mass is 32.1. The quantitative estimate of drug-likeness (QED) is 0.718. The highest BCUT2D eigenvalue weighted by Gasteiger charge is 2.12. The van der Waals surface area contributed by atoms with Crippen molar-refractivity contribution in [1.29, 1.82) is 5.26 Å². The molecule has 0 unspecified atom stereocenters. The lowest BCUT2D eigenvalue weighted by molar-refractivity contribution is 0.0532. The van der Waals surface area contributed by atoms with Gasteiger partial charge < -0.3 is 4.74 Å². The van der Waals surface area contributed by atoms with Gasteiger partial charge in [-0.05, 0) is 25.5 Å². The Morgan fingerprint density at radius 2 is 2.43 bits per heavy atom. The minimum Gasteiger partial charge on any atom is -0.462 e. The minimum atomic E-state index is -0.301. The van der Waals surface area contributed by atoms with E-state index in [9.17, 15) is 4.79 Å². The molecule has 0 saturated carbocycles. The van der Waals surface area contributed by atoms with E-state index in [2.05, 4.69) is 6.07 Å². The topological polar surface area (TPSA) is 50.1 Å². The van der Waals surface area contributed by atoms with E-state index in [1.807, 2.05) is 6.92 Å². The number of nitrogens with zero attached hydrogens (tertiary/aromatic N) is 1. The van der Waals surface area contributed by atoms with E-state index in [-0.39, 0.29) is 5.97 Å². The molecule has 0 bridgehead atoms. The van der Waals surface area contributed by atoms with Gasteiger partial charge in [0.1, 0.15) is 4.88 Å². The fraction of sp³-hybridized carbons (Fsp3) is 0.400. The van der Waals surface area contributed by atoms with Crippen LogP contribution in [0.4, 0.5) is 0 Å². The molecule has 0 aliphatic rings. The standard InChI is InChI=1S/C10H11NO2S/c1-3-13-10(12)9-6-8(4-5-11)7(2)14-9/h6H,3-4H2,1-2H3. The van der Waals surface area contributed by atoms with Gasteiger partial charge in [0.05, 0.1) is 19.1 Å². The van der Waals surface area contributed by atoms with Gasteiger partial charge in [0.2, 0.25) is 0 Å². The van der Waals surface area contributed by atoms with Crippen molar-refractivity contribution in [3.8, 4) is 6.07 Å². The molecule has 4 heteroatoms. The van der Waals surface area contributed by atoms with Gasteiger partial charge in [-0.2, -0.15) is 5.26 Å². The molecule has 0 saturated heterocycles. The van der Waals surface area contributed by atoms with Crippen LogP contribution in [0.2, 0.25) is 0 Å². The number of aryl methyl sites for hydroxylation is 1. The molecule has 14 heavy (non-hydrogen) atoms. The molecular weight excluding hydrogens is 198 g/mol. The Bertz CT molecular complexity index is 376. The summed E-state index contributed by atoms with van der Waals surface area (Å²) in [6.07, 6.45) is 0.349. The molecule has 0 atom stereocenters. The first kappa shape index (κ1) is 10.7. The number of hydrogen-bond acceptors (Lipinski definition) is 4. The Hall–Kier alpha value is -1.34. The SMILES string of the molecule is CCOC(=O)c1cc(CC#N)c(C)s1. The number of rotatable bonds is 3. The van der Waals surface area contributed by atoms with Crippen molar-refractivity contribution in [2.24, 2.45) is 0 Å². The van der Waals surface area contributed by atoms with Crippen LogP contribution >= 0.6 is 11.3 Å². The Kier molecular flexibility index (Phi) is 3.66. The van der Waals surface area contributed by atoms with Gasteiger partial charge in [-0.1, -0.05) is 0 Å². The number of thiophene rings is 1. The van der Waals surface area contributed by atoms with Crippen molar-refractivity contribution >= 4 is 17.3 Å². The highest BCUT2D eigenvalue weighted by Crippen LogP contribution is 2.22. The van der Waals surface area contributed by atoms with E-state index in [1.165, 1.54) is 11.3 Å². The first-order valence-corrected chi connectivity index (χ1v) is 5.14. The van der Waals surface area contributed by atoms with Gasteiger partial charge in [0.25, 0.3) is 0 Å².